The van der Waals surface area contributed by atoms with Crippen LogP contribution in [-0.2, 0) is 21.9 Å². The first kappa shape index (κ1) is 17.5. The minimum absolute atomic E-state index is 0.200. The highest BCUT2D eigenvalue weighted by atomic mass is 32.2. The second-order valence-electron chi connectivity index (χ2n) is 6.53. The number of aromatic nitrogens is 1. The van der Waals surface area contributed by atoms with Crippen molar-refractivity contribution in [1.29, 1.82) is 0 Å². The lowest BCUT2D eigenvalue weighted by molar-refractivity contribution is -0.122. The molecule has 0 spiro atoms. The van der Waals surface area contributed by atoms with Crippen molar-refractivity contribution in [3.8, 4) is 11.5 Å². The van der Waals surface area contributed by atoms with Crippen LogP contribution >= 0.6 is 11.3 Å². The van der Waals surface area contributed by atoms with Gasteiger partial charge < -0.3 is 14.0 Å². The van der Waals surface area contributed by atoms with Crippen LogP contribution in [-0.4, -0.2) is 49.3 Å². The molecule has 2 aliphatic rings. The number of carbonyl (C=O) groups is 1. The number of aryl methyl sites for hydroxylation is 1. The van der Waals surface area contributed by atoms with Crippen molar-refractivity contribution in [2.45, 2.75) is 12.8 Å². The Balaban J connectivity index is 1.65. The zero-order chi connectivity index (χ0) is 18.5. The number of amides is 1. The van der Waals surface area contributed by atoms with Crippen molar-refractivity contribution < 1.29 is 22.7 Å². The number of benzene rings is 1. The molecule has 1 aromatic carbocycles. The van der Waals surface area contributed by atoms with E-state index in [9.17, 15) is 13.2 Å². The molecule has 2 aliphatic heterocycles. The smallest absolute Gasteiger partial charge is 0.252 e. The van der Waals surface area contributed by atoms with E-state index in [1.165, 1.54) is 21.9 Å². The fraction of sp³-hybridized carbons (Fsp3) is 0.500. The van der Waals surface area contributed by atoms with Gasteiger partial charge in [0.25, 0.3) is 5.91 Å². The van der Waals surface area contributed by atoms with Crippen LogP contribution in [0.1, 0.15) is 12.8 Å². The Hall–Kier alpha value is -1.91. The summed E-state index contributed by atoms with van der Waals surface area (Å²) in [5.41, 5.74) is 0.909. The van der Waals surface area contributed by atoms with Gasteiger partial charge in [-0.15, -0.1) is 0 Å². The van der Waals surface area contributed by atoms with E-state index in [-0.39, 0.29) is 19.2 Å². The summed E-state index contributed by atoms with van der Waals surface area (Å²) in [6.07, 6.45) is 2.49. The maximum absolute atomic E-state index is 12.6. The maximum atomic E-state index is 12.6. The lowest BCUT2D eigenvalue weighted by Gasteiger charge is -2.28. The number of nitrogens with zero attached hydrogens (tertiary/aromatic N) is 3. The number of sulfonamides is 1. The van der Waals surface area contributed by atoms with E-state index >= 15 is 0 Å². The monoisotopic (exact) mass is 397 g/mol. The highest BCUT2D eigenvalue weighted by molar-refractivity contribution is 7.88. The second-order valence-corrected chi connectivity index (χ2v) is 9.52. The summed E-state index contributed by atoms with van der Waals surface area (Å²) >= 11 is 1.40. The van der Waals surface area contributed by atoms with Crippen LogP contribution in [0.4, 0.5) is 0 Å². The molecule has 1 fully saturated rings. The molecule has 0 saturated carbocycles. The molecule has 1 saturated heterocycles. The number of thiazole rings is 1. The molecule has 0 unspecified atom stereocenters. The summed E-state index contributed by atoms with van der Waals surface area (Å²) in [5.74, 6) is 0.689. The molecule has 10 heteroatoms. The molecule has 4 rings (SSSR count). The van der Waals surface area contributed by atoms with Gasteiger partial charge in [0.1, 0.15) is 0 Å². The summed E-state index contributed by atoms with van der Waals surface area (Å²) in [6.45, 7) is 0.876. The number of ether oxygens (including phenoxy) is 2. The molecule has 140 valence electrons. The van der Waals surface area contributed by atoms with E-state index in [2.05, 4.69) is 4.99 Å². The molecule has 1 aromatic heterocycles. The third-order valence-corrected chi connectivity index (χ3v) is 7.08. The molecule has 0 aliphatic carbocycles. The average molecular weight is 397 g/mol. The molecule has 3 heterocycles. The van der Waals surface area contributed by atoms with Crippen LogP contribution in [0.5, 0.6) is 11.5 Å². The highest BCUT2D eigenvalue weighted by Gasteiger charge is 2.30. The maximum Gasteiger partial charge on any atom is 0.252 e. The van der Waals surface area contributed by atoms with Crippen LogP contribution in [0.3, 0.4) is 0 Å². The van der Waals surface area contributed by atoms with Crippen molar-refractivity contribution in [2.24, 2.45) is 18.0 Å². The fourth-order valence-electron chi connectivity index (χ4n) is 3.25. The normalized spacial score (nSPS) is 21.5. The largest absolute Gasteiger partial charge is 0.454 e. The number of hydrogen-bond donors (Lipinski definition) is 0. The van der Waals surface area contributed by atoms with E-state index in [0.717, 1.165) is 10.2 Å². The van der Waals surface area contributed by atoms with Crippen LogP contribution in [0.15, 0.2) is 17.1 Å². The summed E-state index contributed by atoms with van der Waals surface area (Å²) in [5, 5.41) is 0. The van der Waals surface area contributed by atoms with Gasteiger partial charge in [0, 0.05) is 32.3 Å². The Morgan fingerprint density at radius 1 is 1.31 bits per heavy atom. The van der Waals surface area contributed by atoms with E-state index in [0.29, 0.717) is 35.7 Å². The number of hydrogen-bond acceptors (Lipinski definition) is 6. The zero-order valence-corrected chi connectivity index (χ0v) is 16.1. The molecule has 0 N–H and O–H groups in total. The molecule has 0 radical (unpaired) electrons. The van der Waals surface area contributed by atoms with Gasteiger partial charge in [-0.2, -0.15) is 4.99 Å². The first-order valence-corrected chi connectivity index (χ1v) is 10.9. The van der Waals surface area contributed by atoms with E-state index < -0.39 is 15.9 Å². The van der Waals surface area contributed by atoms with Gasteiger partial charge in [-0.1, -0.05) is 11.3 Å². The standard InChI is InChI=1S/C16H19N3O5S2/c1-18-11-6-12-13(24-9-23-12)7-14(11)25-16(18)17-15(20)10-4-3-5-19(8-10)26(2,21)22/h6-7,10H,3-5,8-9H2,1-2H3/t10-/m1/s1. The van der Waals surface area contributed by atoms with Gasteiger partial charge in [-0.3, -0.25) is 4.79 Å². The lowest BCUT2D eigenvalue weighted by Crippen LogP contribution is -2.41. The Labute approximate surface area is 154 Å². The van der Waals surface area contributed by atoms with Crippen LogP contribution in [0.25, 0.3) is 10.2 Å². The lowest BCUT2D eigenvalue weighted by atomic mass is 9.99. The topological polar surface area (TPSA) is 90.2 Å². The van der Waals surface area contributed by atoms with Gasteiger partial charge in [-0.25, -0.2) is 12.7 Å². The Morgan fingerprint density at radius 2 is 2.04 bits per heavy atom. The first-order valence-electron chi connectivity index (χ1n) is 8.26. The number of piperidine rings is 1. The number of fused-ring (bicyclic) bond motifs is 2. The molecule has 0 bridgehead atoms. The van der Waals surface area contributed by atoms with Crippen molar-refractivity contribution in [3.63, 3.8) is 0 Å². The van der Waals surface area contributed by atoms with Crippen LogP contribution in [0.2, 0.25) is 0 Å². The first-order chi connectivity index (χ1) is 12.3. The third-order valence-electron chi connectivity index (χ3n) is 4.71. The Kier molecular flexibility index (Phi) is 4.28. The molecule has 1 atom stereocenters. The molecule has 8 nitrogen and oxygen atoms in total. The summed E-state index contributed by atoms with van der Waals surface area (Å²) in [7, 11) is -1.45. The summed E-state index contributed by atoms with van der Waals surface area (Å²) in [6, 6.07) is 3.77. The average Bonchev–Trinajstić information content (AvgIpc) is 3.17. The fourth-order valence-corrected chi connectivity index (χ4v) is 5.20. The number of rotatable bonds is 2. The van der Waals surface area contributed by atoms with Gasteiger partial charge in [-0.05, 0) is 12.8 Å². The van der Waals surface area contributed by atoms with Crippen molar-refractivity contribution in [3.05, 3.63) is 16.9 Å². The van der Waals surface area contributed by atoms with Crippen molar-refractivity contribution >= 4 is 37.5 Å². The van der Waals surface area contributed by atoms with Gasteiger partial charge in [0.2, 0.25) is 16.8 Å². The van der Waals surface area contributed by atoms with Crippen LogP contribution in [0, 0.1) is 5.92 Å². The quantitative estimate of drug-likeness (QED) is 0.756. The molecular formula is C16H19N3O5S2. The van der Waals surface area contributed by atoms with E-state index in [4.69, 9.17) is 9.47 Å². The molecular weight excluding hydrogens is 378 g/mol. The summed E-state index contributed by atoms with van der Waals surface area (Å²) < 4.78 is 38.4. The van der Waals surface area contributed by atoms with Crippen molar-refractivity contribution in [2.75, 3.05) is 26.1 Å². The van der Waals surface area contributed by atoms with Crippen LogP contribution < -0.4 is 14.3 Å². The predicted octanol–water partition coefficient (Wildman–Crippen LogP) is 1.07. The van der Waals surface area contributed by atoms with Gasteiger partial charge in [0.05, 0.1) is 22.4 Å². The second kappa shape index (κ2) is 6.36. The Morgan fingerprint density at radius 3 is 2.77 bits per heavy atom. The number of carbonyl (C=O) groups excluding carboxylic acids is 1. The van der Waals surface area contributed by atoms with E-state index in [1.54, 1.807) is 0 Å². The SMILES string of the molecule is Cn1c(=NC(=O)[C@@H]2CCCN(S(C)(=O)=O)C2)sc2cc3c(cc21)OCO3. The highest BCUT2D eigenvalue weighted by Crippen LogP contribution is 2.36. The Bertz CT molecular complexity index is 1050. The molecule has 26 heavy (non-hydrogen) atoms. The third kappa shape index (κ3) is 3.12. The van der Waals surface area contributed by atoms with Gasteiger partial charge >= 0.3 is 0 Å². The molecule has 1 amide bonds. The van der Waals surface area contributed by atoms with Gasteiger partial charge in [0.15, 0.2) is 16.3 Å². The zero-order valence-electron chi connectivity index (χ0n) is 14.5. The molecule has 2 aromatic rings. The van der Waals surface area contributed by atoms with E-state index in [1.807, 2.05) is 23.7 Å². The predicted molar refractivity (Wildman–Crippen MR) is 96.6 cm³/mol. The minimum Gasteiger partial charge on any atom is -0.454 e. The van der Waals surface area contributed by atoms with Crippen molar-refractivity contribution in [1.82, 2.24) is 8.87 Å². The summed E-state index contributed by atoms with van der Waals surface area (Å²) in [4.78, 5) is 17.5. The minimum atomic E-state index is -3.29.